The molecule has 3 aromatic rings. The number of halogens is 1. The number of nitrogens with zero attached hydrogens (tertiary/aromatic N) is 2. The Kier molecular flexibility index (Phi) is 6.18. The molecule has 1 aromatic heterocycles. The molecule has 2 aromatic carbocycles. The average Bonchev–Trinajstić information content (AvgIpc) is 2.59. The van der Waals surface area contributed by atoms with Gasteiger partial charge in [0.25, 0.3) is 0 Å². The maximum atomic E-state index is 6.07. The summed E-state index contributed by atoms with van der Waals surface area (Å²) < 4.78 is 6.07. The van der Waals surface area contributed by atoms with Crippen molar-refractivity contribution in [3.05, 3.63) is 60.7 Å². The molecule has 1 heterocycles. The van der Waals surface area contributed by atoms with Crippen molar-refractivity contribution in [3.8, 4) is 17.0 Å². The van der Waals surface area contributed by atoms with E-state index in [0.717, 1.165) is 22.0 Å². The van der Waals surface area contributed by atoms with E-state index in [-0.39, 0.29) is 12.4 Å². The van der Waals surface area contributed by atoms with Gasteiger partial charge in [-0.3, -0.25) is 0 Å². The average molecular weight is 343 g/mol. The predicted octanol–water partition coefficient (Wildman–Crippen LogP) is 4.65. The van der Waals surface area contributed by atoms with Crippen LogP contribution < -0.4 is 4.74 Å². The first-order chi connectivity index (χ1) is 11.1. The highest BCUT2D eigenvalue weighted by Gasteiger charge is 2.12. The standard InChI is InChI=1S/C20H22N2O.ClH/c1-15(22(2)3)14-23-20-18(16-9-5-4-6-10-16)13-17-11-7-8-12-19(17)21-20;/h4-13,15H,14H2,1-3H3;1H. The van der Waals surface area contributed by atoms with Crippen LogP contribution in [-0.4, -0.2) is 36.6 Å². The van der Waals surface area contributed by atoms with Crippen molar-refractivity contribution in [2.24, 2.45) is 0 Å². The minimum absolute atomic E-state index is 0. The molecule has 1 unspecified atom stereocenters. The van der Waals surface area contributed by atoms with Gasteiger partial charge in [-0.2, -0.15) is 0 Å². The van der Waals surface area contributed by atoms with E-state index in [0.29, 0.717) is 18.5 Å². The molecule has 0 aliphatic heterocycles. The van der Waals surface area contributed by atoms with Crippen LogP contribution in [0.1, 0.15) is 6.92 Å². The summed E-state index contributed by atoms with van der Waals surface area (Å²) in [6.07, 6.45) is 0. The van der Waals surface area contributed by atoms with Crippen molar-refractivity contribution in [1.29, 1.82) is 0 Å². The summed E-state index contributed by atoms with van der Waals surface area (Å²) in [6.45, 7) is 2.75. The number of likely N-dealkylation sites (N-methyl/N-ethyl adjacent to an activating group) is 1. The number of aromatic nitrogens is 1. The first-order valence-electron chi connectivity index (χ1n) is 7.89. The van der Waals surface area contributed by atoms with Gasteiger partial charge in [0.05, 0.1) is 5.52 Å². The molecule has 0 aliphatic carbocycles. The molecule has 0 saturated carbocycles. The van der Waals surface area contributed by atoms with Gasteiger partial charge < -0.3 is 9.64 Å². The molecule has 0 amide bonds. The highest BCUT2D eigenvalue weighted by Crippen LogP contribution is 2.31. The van der Waals surface area contributed by atoms with Crippen LogP contribution in [-0.2, 0) is 0 Å². The van der Waals surface area contributed by atoms with Crippen molar-refractivity contribution < 1.29 is 4.74 Å². The molecule has 0 bridgehead atoms. The third kappa shape index (κ3) is 4.05. The van der Waals surface area contributed by atoms with Gasteiger partial charge in [0, 0.05) is 17.0 Å². The molecule has 0 radical (unpaired) electrons. The highest BCUT2D eigenvalue weighted by molar-refractivity contribution is 5.86. The molecule has 4 heteroatoms. The van der Waals surface area contributed by atoms with Crippen LogP contribution in [0.25, 0.3) is 22.0 Å². The highest BCUT2D eigenvalue weighted by atomic mass is 35.5. The van der Waals surface area contributed by atoms with Gasteiger partial charge in [-0.25, -0.2) is 4.98 Å². The molecule has 0 saturated heterocycles. The van der Waals surface area contributed by atoms with Crippen molar-refractivity contribution in [3.63, 3.8) is 0 Å². The summed E-state index contributed by atoms with van der Waals surface area (Å²) >= 11 is 0. The summed E-state index contributed by atoms with van der Waals surface area (Å²) in [5.41, 5.74) is 3.12. The Bertz CT molecular complexity index is 790. The largest absolute Gasteiger partial charge is 0.476 e. The van der Waals surface area contributed by atoms with Gasteiger partial charge in [-0.15, -0.1) is 12.4 Å². The van der Waals surface area contributed by atoms with Crippen LogP contribution in [0.2, 0.25) is 0 Å². The molecule has 3 nitrogen and oxygen atoms in total. The Hall–Kier alpha value is -2.10. The second kappa shape index (κ2) is 8.13. The lowest BCUT2D eigenvalue weighted by Crippen LogP contribution is -2.30. The van der Waals surface area contributed by atoms with E-state index >= 15 is 0 Å². The number of hydrogen-bond acceptors (Lipinski definition) is 3. The fraction of sp³-hybridized carbons (Fsp3) is 0.250. The first-order valence-corrected chi connectivity index (χ1v) is 7.89. The number of benzene rings is 2. The lowest BCUT2D eigenvalue weighted by Gasteiger charge is -2.20. The van der Waals surface area contributed by atoms with Gasteiger partial charge in [-0.1, -0.05) is 48.5 Å². The normalized spacial score (nSPS) is 12.0. The minimum Gasteiger partial charge on any atom is -0.476 e. The molecule has 0 N–H and O–H groups in total. The number of hydrogen-bond donors (Lipinski definition) is 0. The van der Waals surface area contributed by atoms with E-state index in [1.807, 2.05) is 36.4 Å². The van der Waals surface area contributed by atoms with E-state index in [2.05, 4.69) is 50.2 Å². The number of fused-ring (bicyclic) bond motifs is 1. The Labute approximate surface area is 149 Å². The van der Waals surface area contributed by atoms with E-state index in [4.69, 9.17) is 9.72 Å². The molecule has 1 atom stereocenters. The smallest absolute Gasteiger partial charge is 0.221 e. The summed E-state index contributed by atoms with van der Waals surface area (Å²) in [4.78, 5) is 6.88. The third-order valence-corrected chi connectivity index (χ3v) is 4.12. The second-order valence-electron chi connectivity index (χ2n) is 6.02. The summed E-state index contributed by atoms with van der Waals surface area (Å²) in [5.74, 6) is 0.698. The second-order valence-corrected chi connectivity index (χ2v) is 6.02. The van der Waals surface area contributed by atoms with Gasteiger partial charge >= 0.3 is 0 Å². The number of para-hydroxylation sites is 1. The van der Waals surface area contributed by atoms with E-state index in [9.17, 15) is 0 Å². The Balaban J connectivity index is 0.00000208. The van der Waals surface area contributed by atoms with Crippen LogP contribution in [0.4, 0.5) is 0 Å². The molecule has 0 fully saturated rings. The maximum absolute atomic E-state index is 6.07. The fourth-order valence-electron chi connectivity index (χ4n) is 2.38. The van der Waals surface area contributed by atoms with Crippen LogP contribution in [0.5, 0.6) is 5.88 Å². The monoisotopic (exact) mass is 342 g/mol. The third-order valence-electron chi connectivity index (χ3n) is 4.12. The quantitative estimate of drug-likeness (QED) is 0.674. The van der Waals surface area contributed by atoms with Crippen molar-refractivity contribution in [1.82, 2.24) is 9.88 Å². The molecular formula is C20H23ClN2O. The predicted molar refractivity (Wildman–Crippen MR) is 103 cm³/mol. The molecule has 126 valence electrons. The minimum atomic E-state index is 0. The molecule has 3 rings (SSSR count). The SMILES string of the molecule is CC(COc1nc2ccccc2cc1-c1ccccc1)N(C)C.Cl. The van der Waals surface area contributed by atoms with Crippen molar-refractivity contribution in [2.75, 3.05) is 20.7 Å². The summed E-state index contributed by atoms with van der Waals surface area (Å²) in [6, 6.07) is 20.9. The zero-order valence-corrected chi connectivity index (χ0v) is 15.1. The van der Waals surface area contributed by atoms with Gasteiger partial charge in [0.1, 0.15) is 6.61 Å². The number of ether oxygens (including phenoxy) is 1. The van der Waals surface area contributed by atoms with Crippen LogP contribution in [0.15, 0.2) is 60.7 Å². The van der Waals surface area contributed by atoms with Crippen LogP contribution in [0.3, 0.4) is 0 Å². The molecular weight excluding hydrogens is 320 g/mol. The van der Waals surface area contributed by atoms with Crippen LogP contribution >= 0.6 is 12.4 Å². The van der Waals surface area contributed by atoms with Gasteiger partial charge in [0.2, 0.25) is 5.88 Å². The van der Waals surface area contributed by atoms with Crippen molar-refractivity contribution >= 4 is 23.3 Å². The summed E-state index contributed by atoms with van der Waals surface area (Å²) in [5, 5.41) is 1.12. The molecule has 24 heavy (non-hydrogen) atoms. The van der Waals surface area contributed by atoms with Gasteiger partial charge in [0.15, 0.2) is 0 Å². The lowest BCUT2D eigenvalue weighted by atomic mass is 10.0. The van der Waals surface area contributed by atoms with E-state index in [1.165, 1.54) is 0 Å². The van der Waals surface area contributed by atoms with E-state index in [1.54, 1.807) is 0 Å². The van der Waals surface area contributed by atoms with Gasteiger partial charge in [-0.05, 0) is 38.7 Å². The molecule has 0 spiro atoms. The topological polar surface area (TPSA) is 25.4 Å². The van der Waals surface area contributed by atoms with E-state index < -0.39 is 0 Å². The first kappa shape index (κ1) is 18.2. The van der Waals surface area contributed by atoms with Crippen molar-refractivity contribution in [2.45, 2.75) is 13.0 Å². The number of rotatable bonds is 5. The Morgan fingerprint density at radius 1 is 1.00 bits per heavy atom. The molecule has 0 aliphatic rings. The Morgan fingerprint density at radius 2 is 1.67 bits per heavy atom. The van der Waals surface area contributed by atoms with Crippen LogP contribution in [0, 0.1) is 0 Å². The summed E-state index contributed by atoms with van der Waals surface area (Å²) in [7, 11) is 4.11. The maximum Gasteiger partial charge on any atom is 0.221 e. The lowest BCUT2D eigenvalue weighted by molar-refractivity contribution is 0.194. The Morgan fingerprint density at radius 3 is 2.38 bits per heavy atom. The fourth-order valence-corrected chi connectivity index (χ4v) is 2.38. The zero-order chi connectivity index (χ0) is 16.2. The number of pyridine rings is 1. The zero-order valence-electron chi connectivity index (χ0n) is 14.3.